The van der Waals surface area contributed by atoms with Crippen molar-refractivity contribution in [3.05, 3.63) is 0 Å². The second-order valence-corrected chi connectivity index (χ2v) is 6.80. The Bertz CT molecular complexity index is 398. The van der Waals surface area contributed by atoms with E-state index < -0.39 is 28.0 Å². The predicted octanol–water partition coefficient (Wildman–Crippen LogP) is 2.06. The van der Waals surface area contributed by atoms with Crippen LogP contribution in [0.1, 0.15) is 47.0 Å². The van der Waals surface area contributed by atoms with Gasteiger partial charge in [-0.3, -0.25) is 4.18 Å². The highest BCUT2D eigenvalue weighted by Crippen LogP contribution is 2.25. The molecule has 0 radical (unpaired) electrons. The molecule has 1 heterocycles. The topological polar surface area (TPSA) is 72.9 Å². The van der Waals surface area contributed by atoms with Crippen molar-refractivity contribution in [2.45, 2.75) is 58.6 Å². The van der Waals surface area contributed by atoms with Gasteiger partial charge in [0.05, 0.1) is 12.6 Å². The number of rotatable bonds is 3. The fourth-order valence-corrected chi connectivity index (χ4v) is 2.85. The summed E-state index contributed by atoms with van der Waals surface area (Å²) in [6, 6.07) is -0.454. The first-order valence-corrected chi connectivity index (χ1v) is 7.45. The minimum absolute atomic E-state index is 0.0155. The van der Waals surface area contributed by atoms with E-state index in [1.54, 1.807) is 20.8 Å². The van der Waals surface area contributed by atoms with Crippen molar-refractivity contribution in [2.24, 2.45) is 0 Å². The summed E-state index contributed by atoms with van der Waals surface area (Å²) in [5.74, 6) is 0. The van der Waals surface area contributed by atoms with Gasteiger partial charge in [0.25, 0.3) is 0 Å². The predicted molar refractivity (Wildman–Crippen MR) is 66.3 cm³/mol. The van der Waals surface area contributed by atoms with Crippen LogP contribution in [0.4, 0.5) is 4.79 Å². The van der Waals surface area contributed by atoms with Gasteiger partial charge in [-0.2, -0.15) is 12.7 Å². The number of carbonyl (C=O) groups is 1. The normalized spacial score (nSPS) is 23.1. The Labute approximate surface area is 109 Å². The lowest BCUT2D eigenvalue weighted by molar-refractivity contribution is 0.0352. The van der Waals surface area contributed by atoms with Crippen LogP contribution >= 0.6 is 0 Å². The van der Waals surface area contributed by atoms with Crippen LogP contribution in [0, 0.1) is 0 Å². The molecule has 1 aliphatic rings. The summed E-state index contributed by atoms with van der Waals surface area (Å²) in [5, 5.41) is 0. The second kappa shape index (κ2) is 5.44. The van der Waals surface area contributed by atoms with E-state index in [0.29, 0.717) is 6.42 Å². The summed E-state index contributed by atoms with van der Waals surface area (Å²) in [6.07, 6.45) is 1.50. The molecule has 0 aromatic carbocycles. The molecule has 1 amide bonds. The van der Waals surface area contributed by atoms with Gasteiger partial charge >= 0.3 is 16.4 Å². The molecule has 0 N–H and O–H groups in total. The van der Waals surface area contributed by atoms with Gasteiger partial charge in [0.1, 0.15) is 5.60 Å². The van der Waals surface area contributed by atoms with Gasteiger partial charge in [-0.15, -0.1) is 0 Å². The maximum Gasteiger partial charge on any atom is 0.426 e. The molecule has 0 aromatic rings. The number of carbonyl (C=O) groups excluding carboxylic acids is 1. The summed E-state index contributed by atoms with van der Waals surface area (Å²) in [7, 11) is -3.98. The fourth-order valence-electron chi connectivity index (χ4n) is 1.66. The zero-order valence-electron chi connectivity index (χ0n) is 11.3. The van der Waals surface area contributed by atoms with Gasteiger partial charge in [0.2, 0.25) is 0 Å². The van der Waals surface area contributed by atoms with Crippen LogP contribution in [0.3, 0.4) is 0 Å². The molecule has 7 heteroatoms. The zero-order valence-corrected chi connectivity index (χ0v) is 12.1. The van der Waals surface area contributed by atoms with Gasteiger partial charge in [-0.05, 0) is 27.2 Å². The minimum atomic E-state index is -3.98. The quantitative estimate of drug-likeness (QED) is 0.790. The molecule has 1 aliphatic heterocycles. The lowest BCUT2D eigenvalue weighted by Crippen LogP contribution is -2.42. The van der Waals surface area contributed by atoms with Crippen LogP contribution in [0.25, 0.3) is 0 Å². The largest absolute Gasteiger partial charge is 0.443 e. The Morgan fingerprint density at radius 2 is 2.06 bits per heavy atom. The van der Waals surface area contributed by atoms with Crippen molar-refractivity contribution in [1.29, 1.82) is 0 Å². The average molecular weight is 279 g/mol. The van der Waals surface area contributed by atoms with Crippen LogP contribution in [0.2, 0.25) is 0 Å². The van der Waals surface area contributed by atoms with E-state index in [1.807, 2.05) is 6.92 Å². The van der Waals surface area contributed by atoms with Crippen molar-refractivity contribution >= 4 is 16.4 Å². The first kappa shape index (κ1) is 15.2. The lowest BCUT2D eigenvalue weighted by Gasteiger charge is -2.25. The molecule has 0 unspecified atom stereocenters. The average Bonchev–Trinajstić information content (AvgIpc) is 2.48. The van der Waals surface area contributed by atoms with Gasteiger partial charge in [0, 0.05) is 0 Å². The molecule has 1 fully saturated rings. The van der Waals surface area contributed by atoms with Crippen LogP contribution in [-0.4, -0.2) is 37.1 Å². The van der Waals surface area contributed by atoms with Crippen LogP contribution in [-0.2, 0) is 19.2 Å². The Morgan fingerprint density at radius 3 is 2.56 bits per heavy atom. The highest BCUT2D eigenvalue weighted by molar-refractivity contribution is 7.85. The van der Waals surface area contributed by atoms with Crippen molar-refractivity contribution in [3.8, 4) is 0 Å². The SMILES string of the molecule is CCCC[C@H]1COS(=O)(=O)N1C(=O)OC(C)(C)C. The summed E-state index contributed by atoms with van der Waals surface area (Å²) in [4.78, 5) is 11.9. The van der Waals surface area contributed by atoms with E-state index in [2.05, 4.69) is 0 Å². The Morgan fingerprint density at radius 1 is 1.44 bits per heavy atom. The van der Waals surface area contributed by atoms with Crippen molar-refractivity contribution in [2.75, 3.05) is 6.61 Å². The van der Waals surface area contributed by atoms with E-state index in [-0.39, 0.29) is 6.61 Å². The number of unbranched alkanes of at least 4 members (excludes halogenated alkanes) is 1. The molecule has 0 bridgehead atoms. The zero-order chi connectivity index (χ0) is 14.0. The second-order valence-electron chi connectivity index (χ2n) is 5.31. The fraction of sp³-hybridized carbons (Fsp3) is 0.909. The molecule has 0 aromatic heterocycles. The Balaban J connectivity index is 2.82. The molecule has 18 heavy (non-hydrogen) atoms. The van der Waals surface area contributed by atoms with Gasteiger partial charge < -0.3 is 4.74 Å². The first-order chi connectivity index (χ1) is 8.17. The molecule has 0 spiro atoms. The third kappa shape index (κ3) is 3.84. The highest BCUT2D eigenvalue weighted by atomic mass is 32.2. The molecule has 106 valence electrons. The molecule has 1 rings (SSSR count). The van der Waals surface area contributed by atoms with E-state index >= 15 is 0 Å². The van der Waals surface area contributed by atoms with Gasteiger partial charge in [-0.1, -0.05) is 19.8 Å². The molecule has 1 saturated heterocycles. The number of ether oxygens (including phenoxy) is 1. The maximum atomic E-state index is 11.9. The number of amides is 1. The van der Waals surface area contributed by atoms with Crippen molar-refractivity contribution < 1.29 is 22.1 Å². The van der Waals surface area contributed by atoms with Crippen molar-refractivity contribution in [1.82, 2.24) is 4.31 Å². The third-order valence-corrected chi connectivity index (χ3v) is 3.81. The number of nitrogens with zero attached hydrogens (tertiary/aromatic N) is 1. The van der Waals surface area contributed by atoms with E-state index in [4.69, 9.17) is 8.92 Å². The molecule has 0 saturated carbocycles. The molecule has 6 nitrogen and oxygen atoms in total. The summed E-state index contributed by atoms with van der Waals surface area (Å²) in [6.45, 7) is 7.09. The maximum absolute atomic E-state index is 11.9. The molecular weight excluding hydrogens is 258 g/mol. The summed E-state index contributed by atoms with van der Waals surface area (Å²) < 4.78 is 33.9. The highest BCUT2D eigenvalue weighted by Gasteiger charge is 2.44. The van der Waals surface area contributed by atoms with Crippen LogP contribution in [0.5, 0.6) is 0 Å². The third-order valence-electron chi connectivity index (χ3n) is 2.45. The standard InChI is InChI=1S/C11H21NO5S/c1-5-6-7-9-8-16-18(14,15)12(9)10(13)17-11(2,3)4/h9H,5-8H2,1-4H3/t9-/m0/s1. The molecule has 1 atom stereocenters. The minimum Gasteiger partial charge on any atom is -0.443 e. The lowest BCUT2D eigenvalue weighted by atomic mass is 10.1. The first-order valence-electron chi connectivity index (χ1n) is 6.09. The van der Waals surface area contributed by atoms with Crippen LogP contribution in [0.15, 0.2) is 0 Å². The molecular formula is C11H21NO5S. The van der Waals surface area contributed by atoms with Crippen LogP contribution < -0.4 is 0 Å². The summed E-state index contributed by atoms with van der Waals surface area (Å²) >= 11 is 0. The number of hydrogen-bond acceptors (Lipinski definition) is 5. The number of hydrogen-bond donors (Lipinski definition) is 0. The van der Waals surface area contributed by atoms with Crippen molar-refractivity contribution in [3.63, 3.8) is 0 Å². The monoisotopic (exact) mass is 279 g/mol. The van der Waals surface area contributed by atoms with Gasteiger partial charge in [-0.25, -0.2) is 4.79 Å². The van der Waals surface area contributed by atoms with E-state index in [1.165, 1.54) is 0 Å². The Kier molecular flexibility index (Phi) is 4.61. The Hall–Kier alpha value is -0.820. The smallest absolute Gasteiger partial charge is 0.426 e. The van der Waals surface area contributed by atoms with E-state index in [0.717, 1.165) is 17.1 Å². The summed E-state index contributed by atoms with van der Waals surface area (Å²) in [5.41, 5.74) is -0.732. The van der Waals surface area contributed by atoms with E-state index in [9.17, 15) is 13.2 Å². The van der Waals surface area contributed by atoms with Gasteiger partial charge in [0.15, 0.2) is 0 Å². The molecule has 0 aliphatic carbocycles.